The molecule has 3 aromatic rings. The Bertz CT molecular complexity index is 1240. The van der Waals surface area contributed by atoms with E-state index in [-0.39, 0.29) is 17.4 Å². The lowest BCUT2D eigenvalue weighted by molar-refractivity contribution is -0.119. The Labute approximate surface area is 203 Å². The molecule has 0 saturated carbocycles. The van der Waals surface area contributed by atoms with Crippen LogP contribution in [-0.4, -0.2) is 71.7 Å². The Balaban J connectivity index is 1.79. The summed E-state index contributed by atoms with van der Waals surface area (Å²) in [7, 11) is 3.61. The van der Waals surface area contributed by atoms with Crippen LogP contribution in [0, 0.1) is 6.92 Å². The van der Waals surface area contributed by atoms with Crippen molar-refractivity contribution < 1.29 is 14.4 Å². The summed E-state index contributed by atoms with van der Waals surface area (Å²) in [6.45, 7) is 5.16. The van der Waals surface area contributed by atoms with Gasteiger partial charge in [0.25, 0.3) is 11.5 Å². The molecular weight excluding hydrogens is 450 g/mol. The van der Waals surface area contributed by atoms with Crippen molar-refractivity contribution in [1.29, 1.82) is 0 Å². The molecule has 0 unspecified atom stereocenters. The third-order valence-corrected chi connectivity index (χ3v) is 5.07. The van der Waals surface area contributed by atoms with Gasteiger partial charge in [-0.05, 0) is 43.7 Å². The van der Waals surface area contributed by atoms with Crippen LogP contribution < -0.4 is 21.5 Å². The molecule has 2 heterocycles. The largest absolute Gasteiger partial charge is 0.355 e. The number of aryl methyl sites for hydroxylation is 1. The molecule has 0 radical (unpaired) electrons. The Hall–Kier alpha value is -3.83. The van der Waals surface area contributed by atoms with Crippen LogP contribution in [0.2, 0.25) is 0 Å². The molecule has 186 valence electrons. The molecule has 0 aliphatic carbocycles. The summed E-state index contributed by atoms with van der Waals surface area (Å²) in [6.07, 6.45) is 0.688. The van der Waals surface area contributed by atoms with Crippen molar-refractivity contribution in [2.75, 3.05) is 45.7 Å². The van der Waals surface area contributed by atoms with Gasteiger partial charge in [0.1, 0.15) is 0 Å². The van der Waals surface area contributed by atoms with E-state index in [0.717, 1.165) is 5.39 Å². The maximum Gasteiger partial charge on any atom is 0.256 e. The lowest BCUT2D eigenvalue weighted by atomic mass is 10.1. The summed E-state index contributed by atoms with van der Waals surface area (Å²) in [5.74, 6) is 0.0381. The molecule has 0 spiro atoms. The molecule has 2 amide bonds. The highest BCUT2D eigenvalue weighted by Crippen LogP contribution is 2.19. The van der Waals surface area contributed by atoms with Crippen LogP contribution in [0.1, 0.15) is 29.4 Å². The number of hydrogen-bond donors (Lipinski definition) is 3. The smallest absolute Gasteiger partial charge is 0.256 e. The van der Waals surface area contributed by atoms with Crippen molar-refractivity contribution >= 4 is 28.8 Å². The zero-order valence-electron chi connectivity index (χ0n) is 20.4. The molecular formula is C24H31N7O4. The first-order valence-electron chi connectivity index (χ1n) is 11.3. The number of pyridine rings is 1. The summed E-state index contributed by atoms with van der Waals surface area (Å²) < 4.78 is 1.49. The van der Waals surface area contributed by atoms with E-state index in [9.17, 15) is 14.4 Å². The molecule has 11 heteroatoms. The topological polar surface area (TPSA) is 130 Å². The van der Waals surface area contributed by atoms with Crippen LogP contribution in [0.5, 0.6) is 0 Å². The predicted molar refractivity (Wildman–Crippen MR) is 134 cm³/mol. The number of nitrogens with one attached hydrogen (secondary N) is 3. The molecule has 0 aliphatic rings. The molecule has 0 fully saturated rings. The lowest BCUT2D eigenvalue weighted by Gasteiger charge is -2.13. The third-order valence-electron chi connectivity index (χ3n) is 5.07. The van der Waals surface area contributed by atoms with E-state index in [2.05, 4.69) is 25.9 Å². The molecule has 3 N–H and O–H groups in total. The van der Waals surface area contributed by atoms with E-state index >= 15 is 0 Å². The van der Waals surface area contributed by atoms with Crippen molar-refractivity contribution in [2.24, 2.45) is 0 Å². The fourth-order valence-corrected chi connectivity index (χ4v) is 3.39. The number of amides is 2. The average molecular weight is 482 g/mol. The predicted octanol–water partition coefficient (Wildman–Crippen LogP) is 1.25. The third kappa shape index (κ3) is 7.08. The van der Waals surface area contributed by atoms with Gasteiger partial charge in [-0.3, -0.25) is 23.8 Å². The quantitative estimate of drug-likeness (QED) is 0.276. The number of nitrogens with zero attached hydrogens (tertiary/aromatic N) is 4. The second-order valence-electron chi connectivity index (χ2n) is 8.09. The molecule has 11 nitrogen and oxygen atoms in total. The minimum absolute atomic E-state index is 0.119. The summed E-state index contributed by atoms with van der Waals surface area (Å²) in [6, 6.07) is 9.95. The zero-order valence-corrected chi connectivity index (χ0v) is 20.4. The monoisotopic (exact) mass is 481 g/mol. The number of carbonyl (C=O) groups excluding carboxylic acids is 2. The highest BCUT2D eigenvalue weighted by Gasteiger charge is 2.13. The van der Waals surface area contributed by atoms with E-state index < -0.39 is 0 Å². The van der Waals surface area contributed by atoms with Gasteiger partial charge < -0.3 is 16.0 Å². The summed E-state index contributed by atoms with van der Waals surface area (Å²) in [4.78, 5) is 50.6. The van der Waals surface area contributed by atoms with Crippen LogP contribution in [-0.2, 0) is 9.63 Å². The lowest BCUT2D eigenvalue weighted by Crippen LogP contribution is -2.27. The Morgan fingerprint density at radius 1 is 1.00 bits per heavy atom. The maximum absolute atomic E-state index is 12.8. The fourth-order valence-electron chi connectivity index (χ4n) is 3.39. The molecule has 2 aromatic heterocycles. The number of hydroxylamine groups is 2. The molecule has 3 rings (SSSR count). The Morgan fingerprint density at radius 3 is 2.43 bits per heavy atom. The number of fused-ring (bicyclic) bond motifs is 1. The van der Waals surface area contributed by atoms with Gasteiger partial charge in [-0.1, -0.05) is 0 Å². The van der Waals surface area contributed by atoms with Gasteiger partial charge in [-0.2, -0.15) is 10.0 Å². The van der Waals surface area contributed by atoms with Gasteiger partial charge in [0.2, 0.25) is 11.9 Å². The summed E-state index contributed by atoms with van der Waals surface area (Å²) in [5, 5.41) is 11.0. The molecule has 0 bridgehead atoms. The van der Waals surface area contributed by atoms with E-state index in [1.54, 1.807) is 49.5 Å². The minimum atomic E-state index is -0.252. The van der Waals surface area contributed by atoms with E-state index in [4.69, 9.17) is 4.84 Å². The molecule has 1 aromatic carbocycles. The second kappa shape index (κ2) is 12.0. The number of carbonyl (C=O) groups is 2. The van der Waals surface area contributed by atoms with E-state index in [0.29, 0.717) is 61.2 Å². The van der Waals surface area contributed by atoms with Crippen LogP contribution in [0.15, 0.2) is 41.2 Å². The number of rotatable bonds is 11. The number of anilines is 1. The Morgan fingerprint density at radius 2 is 1.74 bits per heavy atom. The van der Waals surface area contributed by atoms with Crippen molar-refractivity contribution in [2.45, 2.75) is 20.3 Å². The van der Waals surface area contributed by atoms with Crippen LogP contribution in [0.25, 0.3) is 16.7 Å². The molecule has 35 heavy (non-hydrogen) atoms. The minimum Gasteiger partial charge on any atom is -0.355 e. The van der Waals surface area contributed by atoms with Gasteiger partial charge >= 0.3 is 0 Å². The highest BCUT2D eigenvalue weighted by molar-refractivity contribution is 5.94. The zero-order chi connectivity index (χ0) is 25.4. The summed E-state index contributed by atoms with van der Waals surface area (Å²) in [5.41, 5.74) is 1.98. The Kier molecular flexibility index (Phi) is 8.87. The van der Waals surface area contributed by atoms with Crippen molar-refractivity contribution in [1.82, 2.24) is 30.2 Å². The SMILES string of the molecule is CC(=O)NCCNc1nc(C)c2ccc(=O)n(-c3ccc(C(=O)NCCCON(C)C)cc3)c2n1. The van der Waals surface area contributed by atoms with Gasteiger partial charge in [0.15, 0.2) is 5.65 Å². The molecule has 0 atom stereocenters. The maximum atomic E-state index is 12.8. The molecule has 0 saturated heterocycles. The van der Waals surface area contributed by atoms with Crippen LogP contribution in [0.3, 0.4) is 0 Å². The normalized spacial score (nSPS) is 11.0. The molecule has 0 aliphatic heterocycles. The first-order valence-corrected chi connectivity index (χ1v) is 11.3. The number of benzene rings is 1. The van der Waals surface area contributed by atoms with E-state index in [1.807, 2.05) is 6.92 Å². The number of aromatic nitrogens is 3. The van der Waals surface area contributed by atoms with E-state index in [1.165, 1.54) is 17.6 Å². The van der Waals surface area contributed by atoms with Crippen molar-refractivity contribution in [3.63, 3.8) is 0 Å². The first kappa shape index (κ1) is 25.8. The first-order chi connectivity index (χ1) is 16.8. The van der Waals surface area contributed by atoms with Gasteiger partial charge in [0, 0.05) is 57.7 Å². The fraction of sp³-hybridized carbons (Fsp3) is 0.375. The second-order valence-corrected chi connectivity index (χ2v) is 8.09. The standard InChI is InChI=1S/C24H31N7O4/c1-16-20-10-11-21(33)31(22(20)29-24(28-16)27-14-13-25-17(2)32)19-8-6-18(7-9-19)23(34)26-12-5-15-35-30(3)4/h6-11H,5,12-15H2,1-4H3,(H,25,32)(H,26,34)(H,27,28,29). The van der Waals surface area contributed by atoms with Crippen molar-refractivity contribution in [3.8, 4) is 5.69 Å². The van der Waals surface area contributed by atoms with Gasteiger partial charge in [-0.15, -0.1) is 0 Å². The van der Waals surface area contributed by atoms with Gasteiger partial charge in [-0.25, -0.2) is 4.98 Å². The van der Waals surface area contributed by atoms with Crippen LogP contribution >= 0.6 is 0 Å². The van der Waals surface area contributed by atoms with Crippen molar-refractivity contribution in [3.05, 3.63) is 58.0 Å². The average Bonchev–Trinajstić information content (AvgIpc) is 2.81. The highest BCUT2D eigenvalue weighted by atomic mass is 16.7. The van der Waals surface area contributed by atoms with Gasteiger partial charge in [0.05, 0.1) is 18.0 Å². The number of hydrogen-bond acceptors (Lipinski definition) is 8. The summed E-state index contributed by atoms with van der Waals surface area (Å²) >= 11 is 0. The van der Waals surface area contributed by atoms with Crippen LogP contribution in [0.4, 0.5) is 5.95 Å².